The molecule has 2 heteroatoms. The molecule has 1 N–H and O–H groups in total. The third-order valence-electron chi connectivity index (χ3n) is 4.36. The fraction of sp³-hybridized carbons (Fsp3) is 0.714. The van der Waals surface area contributed by atoms with Crippen LogP contribution in [-0.4, -0.2) is 11.2 Å². The maximum absolute atomic E-state index is 10.4. The van der Waals surface area contributed by atoms with Crippen molar-refractivity contribution in [2.45, 2.75) is 57.0 Å². The van der Waals surface area contributed by atoms with E-state index in [2.05, 4.69) is 11.4 Å². The normalized spacial score (nSPS) is 27.2. The third kappa shape index (κ3) is 1.93. The lowest BCUT2D eigenvalue weighted by Gasteiger charge is -2.33. The van der Waals surface area contributed by atoms with Crippen LogP contribution in [0.3, 0.4) is 0 Å². The maximum atomic E-state index is 10.4. The molecule has 0 radical (unpaired) electrons. The average molecular weight is 236 g/mol. The number of hydrogen-bond donors (Lipinski definition) is 1. The molecule has 1 heterocycles. The number of aryl methyl sites for hydroxylation is 1. The molecule has 1 aromatic rings. The monoisotopic (exact) mass is 236 g/mol. The lowest BCUT2D eigenvalue weighted by molar-refractivity contribution is 0.0875. The fourth-order valence-corrected chi connectivity index (χ4v) is 4.15. The molecule has 3 rings (SSSR count). The van der Waals surface area contributed by atoms with E-state index in [9.17, 15) is 5.11 Å². The Labute approximate surface area is 102 Å². The summed E-state index contributed by atoms with van der Waals surface area (Å²) in [6.07, 6.45) is 8.72. The molecule has 2 unspecified atom stereocenters. The van der Waals surface area contributed by atoms with Gasteiger partial charge in [-0.3, -0.25) is 0 Å². The Morgan fingerprint density at radius 1 is 1.31 bits per heavy atom. The number of fused-ring (bicyclic) bond motifs is 1. The number of aliphatic hydroxyl groups excluding tert-OH is 1. The molecular weight excluding hydrogens is 216 g/mol. The topological polar surface area (TPSA) is 20.2 Å². The summed E-state index contributed by atoms with van der Waals surface area (Å²) < 4.78 is 0. The highest BCUT2D eigenvalue weighted by molar-refractivity contribution is 7.10. The summed E-state index contributed by atoms with van der Waals surface area (Å²) in [5.74, 6) is 1.26. The number of aliphatic hydroxyl groups is 1. The second-order valence-corrected chi connectivity index (χ2v) is 6.40. The van der Waals surface area contributed by atoms with Crippen molar-refractivity contribution in [2.75, 3.05) is 0 Å². The molecule has 0 saturated heterocycles. The molecule has 1 nitrogen and oxygen atoms in total. The first-order valence-electron chi connectivity index (χ1n) is 6.59. The SMILES string of the molecule is OC(CC1CCC1)C1CCCc2sccc21. The summed E-state index contributed by atoms with van der Waals surface area (Å²) >= 11 is 1.87. The van der Waals surface area contributed by atoms with Gasteiger partial charge in [-0.05, 0) is 48.6 Å². The first-order valence-corrected chi connectivity index (χ1v) is 7.47. The molecule has 0 aliphatic heterocycles. The Bertz CT molecular complexity index is 353. The molecule has 0 aromatic carbocycles. The largest absolute Gasteiger partial charge is 0.392 e. The van der Waals surface area contributed by atoms with Crippen molar-refractivity contribution >= 4 is 11.3 Å². The van der Waals surface area contributed by atoms with Gasteiger partial charge in [0.2, 0.25) is 0 Å². The molecule has 88 valence electrons. The van der Waals surface area contributed by atoms with E-state index in [1.165, 1.54) is 49.0 Å². The van der Waals surface area contributed by atoms with E-state index in [-0.39, 0.29) is 6.10 Å². The van der Waals surface area contributed by atoms with E-state index < -0.39 is 0 Å². The van der Waals surface area contributed by atoms with Crippen LogP contribution in [0.5, 0.6) is 0 Å². The van der Waals surface area contributed by atoms with Gasteiger partial charge in [-0.25, -0.2) is 0 Å². The van der Waals surface area contributed by atoms with Gasteiger partial charge >= 0.3 is 0 Å². The van der Waals surface area contributed by atoms with Crippen LogP contribution < -0.4 is 0 Å². The van der Waals surface area contributed by atoms with Crippen LogP contribution in [0.25, 0.3) is 0 Å². The van der Waals surface area contributed by atoms with Gasteiger partial charge in [-0.2, -0.15) is 0 Å². The van der Waals surface area contributed by atoms with Crippen molar-refractivity contribution in [3.8, 4) is 0 Å². The van der Waals surface area contributed by atoms with Gasteiger partial charge in [0.15, 0.2) is 0 Å². The molecule has 0 bridgehead atoms. The first-order chi connectivity index (χ1) is 7.84. The van der Waals surface area contributed by atoms with Crippen LogP contribution in [0.2, 0.25) is 0 Å². The van der Waals surface area contributed by atoms with Gasteiger partial charge in [0.05, 0.1) is 6.10 Å². The van der Waals surface area contributed by atoms with E-state index in [0.29, 0.717) is 5.92 Å². The van der Waals surface area contributed by atoms with Crippen LogP contribution in [0.1, 0.15) is 54.9 Å². The minimum atomic E-state index is -0.0843. The summed E-state index contributed by atoms with van der Waals surface area (Å²) in [4.78, 5) is 1.53. The lowest BCUT2D eigenvalue weighted by atomic mass is 9.75. The summed E-state index contributed by atoms with van der Waals surface area (Å²) in [6, 6.07) is 2.24. The van der Waals surface area contributed by atoms with Gasteiger partial charge in [0.1, 0.15) is 0 Å². The smallest absolute Gasteiger partial charge is 0.0611 e. The third-order valence-corrected chi connectivity index (χ3v) is 5.36. The van der Waals surface area contributed by atoms with Crippen LogP contribution >= 0.6 is 11.3 Å². The van der Waals surface area contributed by atoms with Crippen molar-refractivity contribution in [2.24, 2.45) is 5.92 Å². The quantitative estimate of drug-likeness (QED) is 0.848. The zero-order chi connectivity index (χ0) is 11.0. The van der Waals surface area contributed by atoms with Crippen LogP contribution in [-0.2, 0) is 6.42 Å². The summed E-state index contributed by atoms with van der Waals surface area (Å²) in [5.41, 5.74) is 1.46. The van der Waals surface area contributed by atoms with E-state index >= 15 is 0 Å². The van der Waals surface area contributed by atoms with Gasteiger partial charge in [-0.15, -0.1) is 11.3 Å². The second kappa shape index (κ2) is 4.50. The fourth-order valence-electron chi connectivity index (χ4n) is 3.16. The lowest BCUT2D eigenvalue weighted by Crippen LogP contribution is -2.26. The second-order valence-electron chi connectivity index (χ2n) is 5.40. The number of thiophene rings is 1. The zero-order valence-electron chi connectivity index (χ0n) is 9.69. The standard InChI is InChI=1S/C14H20OS/c15-13(9-10-3-1-4-10)11-5-2-6-14-12(11)7-8-16-14/h7-8,10-11,13,15H,1-6,9H2. The van der Waals surface area contributed by atoms with Crippen molar-refractivity contribution in [3.63, 3.8) is 0 Å². The molecule has 16 heavy (non-hydrogen) atoms. The van der Waals surface area contributed by atoms with Gasteiger partial charge in [0, 0.05) is 10.8 Å². The molecule has 2 aliphatic carbocycles. The minimum absolute atomic E-state index is 0.0843. The van der Waals surface area contributed by atoms with Crippen molar-refractivity contribution in [3.05, 3.63) is 21.9 Å². The Balaban J connectivity index is 1.70. The molecule has 2 aliphatic rings. The summed E-state index contributed by atoms with van der Waals surface area (Å²) in [6.45, 7) is 0. The molecule has 1 saturated carbocycles. The zero-order valence-corrected chi connectivity index (χ0v) is 10.5. The van der Waals surface area contributed by atoms with Crippen LogP contribution in [0.15, 0.2) is 11.4 Å². The Hall–Kier alpha value is -0.340. The predicted octanol–water partition coefficient (Wildman–Crippen LogP) is 3.72. The Morgan fingerprint density at radius 2 is 2.19 bits per heavy atom. The highest BCUT2D eigenvalue weighted by atomic mass is 32.1. The molecule has 1 fully saturated rings. The summed E-state index contributed by atoms with van der Waals surface area (Å²) in [5, 5.41) is 12.6. The molecule has 0 amide bonds. The minimum Gasteiger partial charge on any atom is -0.392 e. The van der Waals surface area contributed by atoms with E-state index in [0.717, 1.165) is 12.3 Å². The molecule has 0 spiro atoms. The Morgan fingerprint density at radius 3 is 2.94 bits per heavy atom. The van der Waals surface area contributed by atoms with Crippen molar-refractivity contribution < 1.29 is 5.11 Å². The molecular formula is C14H20OS. The van der Waals surface area contributed by atoms with Crippen molar-refractivity contribution in [1.29, 1.82) is 0 Å². The predicted molar refractivity (Wildman–Crippen MR) is 68.0 cm³/mol. The highest BCUT2D eigenvalue weighted by Gasteiger charge is 2.30. The number of rotatable bonds is 3. The maximum Gasteiger partial charge on any atom is 0.0611 e. The van der Waals surface area contributed by atoms with Gasteiger partial charge in [0.25, 0.3) is 0 Å². The van der Waals surface area contributed by atoms with E-state index in [4.69, 9.17) is 0 Å². The number of hydrogen-bond acceptors (Lipinski definition) is 2. The summed E-state index contributed by atoms with van der Waals surface area (Å²) in [7, 11) is 0. The highest BCUT2D eigenvalue weighted by Crippen LogP contribution is 2.40. The average Bonchev–Trinajstić information content (AvgIpc) is 2.70. The van der Waals surface area contributed by atoms with Crippen LogP contribution in [0.4, 0.5) is 0 Å². The van der Waals surface area contributed by atoms with Crippen LogP contribution in [0, 0.1) is 5.92 Å². The van der Waals surface area contributed by atoms with E-state index in [1.54, 1.807) is 0 Å². The first kappa shape index (κ1) is 10.8. The van der Waals surface area contributed by atoms with Gasteiger partial charge in [-0.1, -0.05) is 19.3 Å². The van der Waals surface area contributed by atoms with Gasteiger partial charge < -0.3 is 5.11 Å². The van der Waals surface area contributed by atoms with E-state index in [1.807, 2.05) is 11.3 Å². The van der Waals surface area contributed by atoms with Crippen molar-refractivity contribution in [1.82, 2.24) is 0 Å². The molecule has 1 aromatic heterocycles. The molecule has 2 atom stereocenters. The Kier molecular flexibility index (Phi) is 3.03.